The summed E-state index contributed by atoms with van der Waals surface area (Å²) in [6.45, 7) is 15.7. The van der Waals surface area contributed by atoms with Gasteiger partial charge in [-0.15, -0.1) is 0 Å². The molecule has 4 aliphatic rings. The molecule has 3 aromatic rings. The quantitative estimate of drug-likeness (QED) is 0.246. The molecule has 0 saturated heterocycles. The van der Waals surface area contributed by atoms with Crippen LogP contribution in [0.3, 0.4) is 0 Å². The Bertz CT molecular complexity index is 1470. The van der Waals surface area contributed by atoms with Crippen LogP contribution in [0.4, 0.5) is 0 Å². The first kappa shape index (κ1) is 32.2. The number of pyridine rings is 1. The van der Waals surface area contributed by atoms with Gasteiger partial charge in [-0.05, 0) is 150 Å². The predicted molar refractivity (Wildman–Crippen MR) is 196 cm³/mol. The number of rotatable bonds is 8. The summed E-state index contributed by atoms with van der Waals surface area (Å²) >= 11 is 0. The Morgan fingerprint density at radius 2 is 1.50 bits per heavy atom. The first-order valence-electron chi connectivity index (χ1n) is 19.2. The minimum atomic E-state index is 0.529. The molecule has 1 aromatic heterocycles. The molecular formula is C45H61N. The third-order valence-electron chi connectivity index (χ3n) is 15.4. The molecule has 2 aromatic carbocycles. The van der Waals surface area contributed by atoms with E-state index in [9.17, 15) is 0 Å². The highest BCUT2D eigenvalue weighted by atomic mass is 14.7. The summed E-state index contributed by atoms with van der Waals surface area (Å²) in [5.41, 5.74) is 8.01. The first-order valence-corrected chi connectivity index (χ1v) is 19.2. The smallest absolute Gasteiger partial charge is 0.0702 e. The van der Waals surface area contributed by atoms with E-state index in [1.807, 2.05) is 12.3 Å². The van der Waals surface area contributed by atoms with E-state index >= 15 is 0 Å². The molecule has 0 amide bonds. The minimum Gasteiger partial charge on any atom is -0.256 e. The van der Waals surface area contributed by atoms with E-state index in [0.29, 0.717) is 16.2 Å². The average Bonchev–Trinajstić information content (AvgIpc) is 3.36. The Labute approximate surface area is 281 Å². The molecule has 4 aliphatic carbocycles. The molecule has 7 rings (SSSR count). The first-order chi connectivity index (χ1) is 22.1. The third-order valence-corrected chi connectivity index (χ3v) is 15.4. The Kier molecular flexibility index (Phi) is 8.78. The highest BCUT2D eigenvalue weighted by Gasteiger charge is 2.64. The van der Waals surface area contributed by atoms with Crippen LogP contribution in [-0.2, 0) is 0 Å². The Morgan fingerprint density at radius 1 is 0.717 bits per heavy atom. The number of aromatic nitrogens is 1. The number of hydrogen-bond donors (Lipinski definition) is 0. The van der Waals surface area contributed by atoms with Gasteiger partial charge in [-0.2, -0.15) is 0 Å². The van der Waals surface area contributed by atoms with E-state index in [1.165, 1.54) is 93.7 Å². The van der Waals surface area contributed by atoms with E-state index in [0.717, 1.165) is 47.1 Å². The SMILES string of the molecule is CC(C)CCC[C@@H](C)[C@@]1(C)CC[C@H]2[C@@H]3CC[C@H]4CC(c5ccc(-c6cccc(-c7ccccn7)c6)cc5)CC[C@]4(C)C3CC[C@@]21C. The summed E-state index contributed by atoms with van der Waals surface area (Å²) in [5.74, 6) is 6.21. The fourth-order valence-corrected chi connectivity index (χ4v) is 12.2. The third kappa shape index (κ3) is 5.50. The molecule has 0 spiro atoms. The van der Waals surface area contributed by atoms with Gasteiger partial charge in [0.2, 0.25) is 0 Å². The van der Waals surface area contributed by atoms with Gasteiger partial charge in [0.1, 0.15) is 0 Å². The fourth-order valence-electron chi connectivity index (χ4n) is 12.2. The van der Waals surface area contributed by atoms with Crippen molar-refractivity contribution in [3.63, 3.8) is 0 Å². The maximum absolute atomic E-state index is 4.57. The Balaban J connectivity index is 1.02. The van der Waals surface area contributed by atoms with Gasteiger partial charge >= 0.3 is 0 Å². The fraction of sp³-hybridized carbons (Fsp3) is 0.622. The van der Waals surface area contributed by atoms with Gasteiger partial charge in [-0.3, -0.25) is 4.98 Å². The molecule has 4 fully saturated rings. The molecule has 2 unspecified atom stereocenters. The molecule has 1 nitrogen and oxygen atoms in total. The normalized spacial score (nSPS) is 36.1. The summed E-state index contributed by atoms with van der Waals surface area (Å²) in [7, 11) is 0. The lowest BCUT2D eigenvalue weighted by Crippen LogP contribution is -2.55. The molecular weight excluding hydrogens is 555 g/mol. The van der Waals surface area contributed by atoms with Gasteiger partial charge in [0.15, 0.2) is 0 Å². The number of benzene rings is 2. The second kappa shape index (κ2) is 12.6. The van der Waals surface area contributed by atoms with Crippen LogP contribution in [0.5, 0.6) is 0 Å². The zero-order valence-corrected chi connectivity index (χ0v) is 29.9. The second-order valence-electron chi connectivity index (χ2n) is 17.7. The van der Waals surface area contributed by atoms with Gasteiger partial charge < -0.3 is 0 Å². The van der Waals surface area contributed by atoms with Crippen LogP contribution in [-0.4, -0.2) is 4.98 Å². The van der Waals surface area contributed by atoms with Crippen LogP contribution >= 0.6 is 0 Å². The zero-order valence-electron chi connectivity index (χ0n) is 29.9. The summed E-state index contributed by atoms with van der Waals surface area (Å²) in [4.78, 5) is 4.57. The van der Waals surface area contributed by atoms with E-state index in [2.05, 4.69) is 107 Å². The largest absolute Gasteiger partial charge is 0.256 e. The molecule has 1 heteroatoms. The van der Waals surface area contributed by atoms with E-state index < -0.39 is 0 Å². The topological polar surface area (TPSA) is 12.9 Å². The summed E-state index contributed by atoms with van der Waals surface area (Å²) in [5, 5.41) is 0. The van der Waals surface area contributed by atoms with E-state index in [-0.39, 0.29) is 0 Å². The molecule has 4 saturated carbocycles. The molecule has 246 valence electrons. The minimum absolute atomic E-state index is 0.529. The number of fused-ring (bicyclic) bond motifs is 5. The second-order valence-corrected chi connectivity index (χ2v) is 17.7. The summed E-state index contributed by atoms with van der Waals surface area (Å²) in [6.07, 6.45) is 19.3. The van der Waals surface area contributed by atoms with Crippen LogP contribution in [0.1, 0.15) is 130 Å². The zero-order chi connectivity index (χ0) is 32.1. The maximum atomic E-state index is 4.57. The van der Waals surface area contributed by atoms with Crippen molar-refractivity contribution in [2.75, 3.05) is 0 Å². The molecule has 1 heterocycles. The lowest BCUT2D eigenvalue weighted by molar-refractivity contribution is -0.133. The van der Waals surface area contributed by atoms with Crippen molar-refractivity contribution in [1.29, 1.82) is 0 Å². The lowest BCUT2D eigenvalue weighted by atomic mass is 9.42. The Hall–Kier alpha value is -2.41. The van der Waals surface area contributed by atoms with Gasteiger partial charge in [0, 0.05) is 11.8 Å². The van der Waals surface area contributed by atoms with Crippen LogP contribution in [0.2, 0.25) is 0 Å². The van der Waals surface area contributed by atoms with Crippen molar-refractivity contribution in [2.45, 2.75) is 125 Å². The van der Waals surface area contributed by atoms with Crippen molar-refractivity contribution in [3.8, 4) is 22.4 Å². The van der Waals surface area contributed by atoms with Crippen LogP contribution < -0.4 is 0 Å². The molecule has 0 N–H and O–H groups in total. The monoisotopic (exact) mass is 615 g/mol. The summed E-state index contributed by atoms with van der Waals surface area (Å²) in [6, 6.07) is 24.7. The van der Waals surface area contributed by atoms with Gasteiger partial charge in [-0.25, -0.2) is 0 Å². The van der Waals surface area contributed by atoms with Gasteiger partial charge in [0.05, 0.1) is 5.69 Å². The highest BCUT2D eigenvalue weighted by Crippen LogP contribution is 2.72. The predicted octanol–water partition coefficient (Wildman–Crippen LogP) is 13.0. The Morgan fingerprint density at radius 3 is 2.26 bits per heavy atom. The average molecular weight is 616 g/mol. The van der Waals surface area contributed by atoms with Gasteiger partial charge in [-0.1, -0.05) is 109 Å². The van der Waals surface area contributed by atoms with Crippen molar-refractivity contribution in [3.05, 3.63) is 78.5 Å². The lowest BCUT2D eigenvalue weighted by Gasteiger charge is -2.63. The molecule has 9 atom stereocenters. The van der Waals surface area contributed by atoms with Crippen LogP contribution in [0.25, 0.3) is 22.4 Å². The van der Waals surface area contributed by atoms with Crippen molar-refractivity contribution >= 4 is 0 Å². The number of hydrogen-bond acceptors (Lipinski definition) is 1. The van der Waals surface area contributed by atoms with E-state index in [4.69, 9.17) is 0 Å². The maximum Gasteiger partial charge on any atom is 0.0702 e. The van der Waals surface area contributed by atoms with Crippen LogP contribution in [0.15, 0.2) is 72.9 Å². The van der Waals surface area contributed by atoms with Gasteiger partial charge in [0.25, 0.3) is 0 Å². The molecule has 0 radical (unpaired) electrons. The van der Waals surface area contributed by atoms with E-state index in [1.54, 1.807) is 5.56 Å². The number of nitrogens with zero attached hydrogens (tertiary/aromatic N) is 1. The standard InChI is InChI=1S/C45H61N/c1-31(2)11-9-12-32(3)44(5)26-24-41-39-21-20-38-30-36(22-25-43(38,4)40(39)23-27-45(41,44)6)34-18-16-33(17-19-34)35-13-10-14-37(29-35)42-15-7-8-28-46-42/h7-8,10,13-19,28-29,31-32,36,38-41H,9,11-12,20-27,30H2,1-6H3/t32-,36?,38+,39-,40?,41+,43+,44-,45+/m1/s1. The van der Waals surface area contributed by atoms with Crippen LogP contribution in [0, 0.1) is 51.8 Å². The molecule has 0 bridgehead atoms. The highest BCUT2D eigenvalue weighted by molar-refractivity contribution is 5.71. The molecule has 46 heavy (non-hydrogen) atoms. The van der Waals surface area contributed by atoms with Crippen molar-refractivity contribution in [2.24, 2.45) is 51.8 Å². The van der Waals surface area contributed by atoms with Crippen molar-refractivity contribution < 1.29 is 0 Å². The molecule has 0 aliphatic heterocycles. The summed E-state index contributed by atoms with van der Waals surface area (Å²) < 4.78 is 0. The van der Waals surface area contributed by atoms with Crippen molar-refractivity contribution in [1.82, 2.24) is 4.98 Å².